The smallest absolute Gasteiger partial charge is 0.333 e. The molecule has 2 heteroatoms. The Balaban J connectivity index is 3.98. The molecule has 0 saturated heterocycles. The van der Waals surface area contributed by atoms with E-state index in [9.17, 15) is 4.79 Å². The fourth-order valence-corrected chi connectivity index (χ4v) is 1.38. The molecule has 0 amide bonds. The van der Waals surface area contributed by atoms with E-state index in [0.29, 0.717) is 5.57 Å². The van der Waals surface area contributed by atoms with Crippen molar-refractivity contribution in [3.8, 4) is 0 Å². The van der Waals surface area contributed by atoms with E-state index in [4.69, 9.17) is 4.74 Å². The number of unbranched alkanes of at least 4 members (excludes halogenated alkanes) is 2. The highest BCUT2D eigenvalue weighted by atomic mass is 16.5. The predicted molar refractivity (Wildman–Crippen MR) is 63.7 cm³/mol. The van der Waals surface area contributed by atoms with Crippen LogP contribution < -0.4 is 0 Å². The van der Waals surface area contributed by atoms with Crippen molar-refractivity contribution < 1.29 is 9.53 Å². The van der Waals surface area contributed by atoms with Crippen molar-refractivity contribution in [2.75, 3.05) is 0 Å². The zero-order valence-corrected chi connectivity index (χ0v) is 10.3. The van der Waals surface area contributed by atoms with E-state index in [1.165, 1.54) is 0 Å². The molecule has 0 aromatic rings. The van der Waals surface area contributed by atoms with Gasteiger partial charge in [0, 0.05) is 5.57 Å². The number of hydrogen-bond donors (Lipinski definition) is 0. The van der Waals surface area contributed by atoms with Crippen LogP contribution in [-0.2, 0) is 9.53 Å². The van der Waals surface area contributed by atoms with E-state index < -0.39 is 0 Å². The fourth-order valence-electron chi connectivity index (χ4n) is 1.38. The van der Waals surface area contributed by atoms with E-state index in [1.807, 2.05) is 0 Å². The molecule has 0 aliphatic carbocycles. The van der Waals surface area contributed by atoms with Crippen LogP contribution in [0.5, 0.6) is 0 Å². The quantitative estimate of drug-likeness (QED) is 0.451. The monoisotopic (exact) mass is 212 g/mol. The molecule has 0 unspecified atom stereocenters. The molecule has 0 bridgehead atoms. The second kappa shape index (κ2) is 8.51. The molecule has 15 heavy (non-hydrogen) atoms. The van der Waals surface area contributed by atoms with E-state index in [2.05, 4.69) is 20.4 Å². The molecule has 0 N–H and O–H groups in total. The molecule has 0 aliphatic heterocycles. The van der Waals surface area contributed by atoms with Crippen LogP contribution in [0.25, 0.3) is 0 Å². The Labute approximate surface area is 93.7 Å². The summed E-state index contributed by atoms with van der Waals surface area (Å²) in [6, 6.07) is 0. The van der Waals surface area contributed by atoms with E-state index in [-0.39, 0.29) is 12.1 Å². The molecule has 0 atom stereocenters. The van der Waals surface area contributed by atoms with Gasteiger partial charge in [-0.1, -0.05) is 46.1 Å². The Morgan fingerprint density at radius 1 is 1.20 bits per heavy atom. The van der Waals surface area contributed by atoms with Crippen molar-refractivity contribution in [3.05, 3.63) is 12.2 Å². The third kappa shape index (κ3) is 7.18. The molecule has 0 rings (SSSR count). The first-order valence-electron chi connectivity index (χ1n) is 5.98. The van der Waals surface area contributed by atoms with Crippen LogP contribution in [0.1, 0.15) is 59.3 Å². The Morgan fingerprint density at radius 3 is 2.00 bits per heavy atom. The summed E-state index contributed by atoms with van der Waals surface area (Å²) in [6.45, 7) is 9.59. The second-order valence-corrected chi connectivity index (χ2v) is 4.09. The van der Waals surface area contributed by atoms with Gasteiger partial charge in [-0.25, -0.2) is 4.79 Å². The lowest BCUT2D eigenvalue weighted by Gasteiger charge is -2.17. The third-order valence-corrected chi connectivity index (χ3v) is 2.38. The van der Waals surface area contributed by atoms with Gasteiger partial charge in [-0.2, -0.15) is 0 Å². The van der Waals surface area contributed by atoms with Gasteiger partial charge in [-0.3, -0.25) is 0 Å². The number of rotatable bonds is 8. The molecule has 0 radical (unpaired) electrons. The van der Waals surface area contributed by atoms with Crippen LogP contribution in [0, 0.1) is 0 Å². The predicted octanol–water partition coefficient (Wildman–Crippen LogP) is 3.85. The lowest BCUT2D eigenvalue weighted by molar-refractivity contribution is -0.145. The summed E-state index contributed by atoms with van der Waals surface area (Å²) in [5.41, 5.74) is 0.494. The lowest BCUT2D eigenvalue weighted by atomic mass is 10.1. The maximum Gasteiger partial charge on any atom is 0.333 e. The minimum Gasteiger partial charge on any atom is -0.459 e. The van der Waals surface area contributed by atoms with Gasteiger partial charge in [-0.15, -0.1) is 0 Å². The summed E-state index contributed by atoms with van der Waals surface area (Å²) in [5.74, 6) is -0.243. The van der Waals surface area contributed by atoms with Gasteiger partial charge in [0.15, 0.2) is 0 Å². The summed E-state index contributed by atoms with van der Waals surface area (Å²) in [5, 5.41) is 0. The van der Waals surface area contributed by atoms with E-state index >= 15 is 0 Å². The maximum atomic E-state index is 11.4. The first kappa shape index (κ1) is 14.2. The molecule has 0 spiro atoms. The van der Waals surface area contributed by atoms with Crippen LogP contribution in [0.3, 0.4) is 0 Å². The van der Waals surface area contributed by atoms with Crippen LogP contribution >= 0.6 is 0 Å². The van der Waals surface area contributed by atoms with Crippen molar-refractivity contribution >= 4 is 5.97 Å². The van der Waals surface area contributed by atoms with Crippen LogP contribution in [-0.4, -0.2) is 12.1 Å². The van der Waals surface area contributed by atoms with Crippen molar-refractivity contribution in [1.82, 2.24) is 0 Å². The number of carbonyl (C=O) groups excluding carboxylic acids is 1. The normalized spacial score (nSPS) is 10.4. The van der Waals surface area contributed by atoms with Gasteiger partial charge >= 0.3 is 5.97 Å². The maximum absolute atomic E-state index is 11.4. The standard InChI is InChI=1S/C13H24O2/c1-5-7-9-12(10-8-6-2)15-13(14)11(3)4/h12H,3,5-10H2,1-2,4H3. The van der Waals surface area contributed by atoms with Gasteiger partial charge in [0.25, 0.3) is 0 Å². The third-order valence-electron chi connectivity index (χ3n) is 2.38. The molecule has 0 aromatic carbocycles. The van der Waals surface area contributed by atoms with Crippen LogP contribution in [0.15, 0.2) is 12.2 Å². The van der Waals surface area contributed by atoms with Crippen molar-refractivity contribution in [2.45, 2.75) is 65.4 Å². The molecule has 0 saturated carbocycles. The average Bonchev–Trinajstić information content (AvgIpc) is 2.21. The largest absolute Gasteiger partial charge is 0.459 e. The Bertz CT molecular complexity index is 189. The number of carbonyl (C=O) groups is 1. The minimum atomic E-state index is -0.243. The number of ether oxygens (including phenoxy) is 1. The topological polar surface area (TPSA) is 26.3 Å². The minimum absolute atomic E-state index is 0.0918. The summed E-state index contributed by atoms with van der Waals surface area (Å²) in [6.07, 6.45) is 6.59. The molecular formula is C13H24O2. The first-order valence-corrected chi connectivity index (χ1v) is 5.98. The summed E-state index contributed by atoms with van der Waals surface area (Å²) >= 11 is 0. The molecule has 0 aromatic heterocycles. The van der Waals surface area contributed by atoms with E-state index in [1.54, 1.807) is 6.92 Å². The fraction of sp³-hybridized carbons (Fsp3) is 0.769. The molecule has 0 heterocycles. The number of hydrogen-bond acceptors (Lipinski definition) is 2. The van der Waals surface area contributed by atoms with Gasteiger partial charge in [0.1, 0.15) is 6.10 Å². The molecule has 0 aliphatic rings. The van der Waals surface area contributed by atoms with Crippen molar-refractivity contribution in [1.29, 1.82) is 0 Å². The van der Waals surface area contributed by atoms with Gasteiger partial charge in [0.2, 0.25) is 0 Å². The van der Waals surface area contributed by atoms with Crippen LogP contribution in [0.4, 0.5) is 0 Å². The second-order valence-electron chi connectivity index (χ2n) is 4.09. The summed E-state index contributed by atoms with van der Waals surface area (Å²) < 4.78 is 5.38. The number of esters is 1. The van der Waals surface area contributed by atoms with Crippen LogP contribution in [0.2, 0.25) is 0 Å². The average molecular weight is 212 g/mol. The first-order chi connectivity index (χ1) is 7.11. The Morgan fingerprint density at radius 2 is 1.67 bits per heavy atom. The summed E-state index contributed by atoms with van der Waals surface area (Å²) in [7, 11) is 0. The lowest BCUT2D eigenvalue weighted by Crippen LogP contribution is -2.18. The molecule has 88 valence electrons. The highest BCUT2D eigenvalue weighted by Crippen LogP contribution is 2.13. The summed E-state index contributed by atoms with van der Waals surface area (Å²) in [4.78, 5) is 11.4. The zero-order valence-electron chi connectivity index (χ0n) is 10.3. The van der Waals surface area contributed by atoms with E-state index in [0.717, 1.165) is 38.5 Å². The molecule has 0 fully saturated rings. The van der Waals surface area contributed by atoms with Crippen molar-refractivity contribution in [2.24, 2.45) is 0 Å². The van der Waals surface area contributed by atoms with Gasteiger partial charge in [-0.05, 0) is 19.8 Å². The van der Waals surface area contributed by atoms with Gasteiger partial charge < -0.3 is 4.74 Å². The molecule has 2 nitrogen and oxygen atoms in total. The van der Waals surface area contributed by atoms with Crippen molar-refractivity contribution in [3.63, 3.8) is 0 Å². The Kier molecular flexibility index (Phi) is 8.06. The highest BCUT2D eigenvalue weighted by molar-refractivity contribution is 5.87. The molecular weight excluding hydrogens is 188 g/mol. The zero-order chi connectivity index (χ0) is 11.7. The van der Waals surface area contributed by atoms with Gasteiger partial charge in [0.05, 0.1) is 0 Å². The Hall–Kier alpha value is -0.790. The highest BCUT2D eigenvalue weighted by Gasteiger charge is 2.13. The SMILES string of the molecule is C=C(C)C(=O)OC(CCCC)CCCC.